The Hall–Kier alpha value is -0.110. The van der Waals surface area contributed by atoms with E-state index in [1.807, 2.05) is 0 Å². The van der Waals surface area contributed by atoms with Crippen LogP contribution in [0, 0.1) is 0 Å². The Bertz CT molecular complexity index is 132. The summed E-state index contributed by atoms with van der Waals surface area (Å²) in [6, 6.07) is 0.491. The number of rotatable bonds is 1. The van der Waals surface area contributed by atoms with Crippen molar-refractivity contribution < 1.29 is 4.39 Å². The SMILES string of the molecule is CC(C)N1CCCC(C)(F)C1. The van der Waals surface area contributed by atoms with E-state index in [-0.39, 0.29) is 0 Å². The zero-order valence-electron chi connectivity index (χ0n) is 7.73. The second-order valence-corrected chi connectivity index (χ2v) is 4.08. The maximum atomic E-state index is 13.4. The summed E-state index contributed by atoms with van der Waals surface area (Å²) in [5, 5.41) is 0. The molecule has 0 N–H and O–H groups in total. The van der Waals surface area contributed by atoms with E-state index in [1.54, 1.807) is 6.92 Å². The number of hydrogen-bond donors (Lipinski definition) is 0. The summed E-state index contributed by atoms with van der Waals surface area (Å²) in [5.41, 5.74) is -0.942. The summed E-state index contributed by atoms with van der Waals surface area (Å²) >= 11 is 0. The van der Waals surface area contributed by atoms with E-state index >= 15 is 0 Å². The van der Waals surface area contributed by atoms with E-state index in [2.05, 4.69) is 18.7 Å². The molecular formula is C9H18FN. The lowest BCUT2D eigenvalue weighted by atomic mass is 9.96. The number of alkyl halides is 1. The minimum atomic E-state index is -0.942. The van der Waals surface area contributed by atoms with Crippen LogP contribution < -0.4 is 0 Å². The number of halogens is 1. The zero-order valence-corrected chi connectivity index (χ0v) is 7.73. The molecule has 1 atom stereocenters. The van der Waals surface area contributed by atoms with Crippen LogP contribution in [0.1, 0.15) is 33.6 Å². The molecule has 0 amide bonds. The number of hydrogen-bond acceptors (Lipinski definition) is 1. The van der Waals surface area contributed by atoms with Gasteiger partial charge in [0.2, 0.25) is 0 Å². The molecule has 0 aliphatic carbocycles. The maximum Gasteiger partial charge on any atom is 0.120 e. The fraction of sp³-hybridized carbons (Fsp3) is 1.00. The van der Waals surface area contributed by atoms with E-state index in [4.69, 9.17) is 0 Å². The first kappa shape index (κ1) is 8.98. The molecule has 0 radical (unpaired) electrons. The lowest BCUT2D eigenvalue weighted by Gasteiger charge is -2.37. The lowest BCUT2D eigenvalue weighted by Crippen LogP contribution is -2.46. The van der Waals surface area contributed by atoms with Crippen molar-refractivity contribution in [1.82, 2.24) is 4.90 Å². The van der Waals surface area contributed by atoms with Gasteiger partial charge in [-0.2, -0.15) is 0 Å². The zero-order chi connectivity index (χ0) is 8.48. The van der Waals surface area contributed by atoms with Crippen molar-refractivity contribution >= 4 is 0 Å². The summed E-state index contributed by atoms with van der Waals surface area (Å²) < 4.78 is 13.4. The molecule has 1 rings (SSSR count). The van der Waals surface area contributed by atoms with Crippen LogP contribution in [0.15, 0.2) is 0 Å². The Balaban J connectivity index is 2.46. The minimum absolute atomic E-state index is 0.491. The first-order valence-corrected chi connectivity index (χ1v) is 4.44. The highest BCUT2D eigenvalue weighted by Crippen LogP contribution is 2.25. The van der Waals surface area contributed by atoms with Crippen molar-refractivity contribution in [2.45, 2.75) is 45.3 Å². The molecule has 1 saturated heterocycles. The van der Waals surface area contributed by atoms with Crippen molar-refractivity contribution in [3.63, 3.8) is 0 Å². The number of piperidine rings is 1. The van der Waals surface area contributed by atoms with E-state index in [0.717, 1.165) is 19.4 Å². The first-order chi connectivity index (χ1) is 5.01. The normalized spacial score (nSPS) is 34.6. The molecule has 1 nitrogen and oxygen atoms in total. The third-order valence-corrected chi connectivity index (χ3v) is 2.41. The molecule has 1 fully saturated rings. The highest BCUT2D eigenvalue weighted by Gasteiger charge is 2.31. The molecule has 0 aromatic heterocycles. The maximum absolute atomic E-state index is 13.4. The lowest BCUT2D eigenvalue weighted by molar-refractivity contribution is 0.0435. The van der Waals surface area contributed by atoms with Gasteiger partial charge in [0, 0.05) is 12.6 Å². The van der Waals surface area contributed by atoms with Crippen LogP contribution in [-0.2, 0) is 0 Å². The highest BCUT2D eigenvalue weighted by atomic mass is 19.1. The quantitative estimate of drug-likeness (QED) is 0.567. The first-order valence-electron chi connectivity index (χ1n) is 4.44. The third kappa shape index (κ3) is 2.44. The second-order valence-electron chi connectivity index (χ2n) is 4.08. The van der Waals surface area contributed by atoms with Gasteiger partial charge in [-0.1, -0.05) is 0 Å². The molecule has 66 valence electrons. The molecule has 0 bridgehead atoms. The van der Waals surface area contributed by atoms with Crippen molar-refractivity contribution in [3.05, 3.63) is 0 Å². The van der Waals surface area contributed by atoms with Crippen LogP contribution in [0.4, 0.5) is 4.39 Å². The van der Waals surface area contributed by atoms with Crippen LogP contribution in [-0.4, -0.2) is 29.7 Å². The third-order valence-electron chi connectivity index (χ3n) is 2.41. The van der Waals surface area contributed by atoms with Crippen LogP contribution in [0.5, 0.6) is 0 Å². The van der Waals surface area contributed by atoms with E-state index in [9.17, 15) is 4.39 Å². The molecule has 1 aliphatic rings. The average Bonchev–Trinajstić information content (AvgIpc) is 1.85. The average molecular weight is 159 g/mol. The van der Waals surface area contributed by atoms with Crippen molar-refractivity contribution in [2.24, 2.45) is 0 Å². The molecule has 0 aromatic rings. The van der Waals surface area contributed by atoms with Gasteiger partial charge < -0.3 is 0 Å². The highest BCUT2D eigenvalue weighted by molar-refractivity contribution is 4.84. The van der Waals surface area contributed by atoms with Gasteiger partial charge in [-0.05, 0) is 40.2 Å². The van der Waals surface area contributed by atoms with Gasteiger partial charge >= 0.3 is 0 Å². The fourth-order valence-corrected chi connectivity index (χ4v) is 1.67. The molecule has 0 spiro atoms. The Labute approximate surface area is 68.6 Å². The van der Waals surface area contributed by atoms with Crippen molar-refractivity contribution in [3.8, 4) is 0 Å². The molecule has 1 heterocycles. The van der Waals surface area contributed by atoms with Crippen LogP contribution in [0.25, 0.3) is 0 Å². The number of nitrogens with zero attached hydrogens (tertiary/aromatic N) is 1. The van der Waals surface area contributed by atoms with Gasteiger partial charge in [-0.15, -0.1) is 0 Å². The van der Waals surface area contributed by atoms with E-state index in [1.165, 1.54) is 0 Å². The summed E-state index contributed by atoms with van der Waals surface area (Å²) in [4.78, 5) is 2.21. The van der Waals surface area contributed by atoms with Crippen LogP contribution in [0.3, 0.4) is 0 Å². The largest absolute Gasteiger partial charge is 0.298 e. The summed E-state index contributed by atoms with van der Waals surface area (Å²) in [6.07, 6.45) is 1.74. The van der Waals surface area contributed by atoms with Crippen LogP contribution in [0.2, 0.25) is 0 Å². The van der Waals surface area contributed by atoms with Gasteiger partial charge in [0.15, 0.2) is 0 Å². The monoisotopic (exact) mass is 159 g/mol. The molecule has 1 unspecified atom stereocenters. The Kier molecular flexibility index (Phi) is 2.53. The van der Waals surface area contributed by atoms with E-state index < -0.39 is 5.67 Å². The fourth-order valence-electron chi connectivity index (χ4n) is 1.67. The van der Waals surface area contributed by atoms with Crippen LogP contribution >= 0.6 is 0 Å². The Morgan fingerprint density at radius 3 is 2.45 bits per heavy atom. The molecular weight excluding hydrogens is 141 g/mol. The second kappa shape index (κ2) is 3.10. The summed E-state index contributed by atoms with van der Waals surface area (Å²) in [7, 11) is 0. The minimum Gasteiger partial charge on any atom is -0.298 e. The van der Waals surface area contributed by atoms with E-state index in [0.29, 0.717) is 12.6 Å². The standard InChI is InChI=1S/C9H18FN/c1-8(2)11-6-4-5-9(3,10)7-11/h8H,4-7H2,1-3H3. The number of likely N-dealkylation sites (tertiary alicyclic amines) is 1. The van der Waals surface area contributed by atoms with Crippen molar-refractivity contribution in [1.29, 1.82) is 0 Å². The summed E-state index contributed by atoms with van der Waals surface area (Å²) in [5.74, 6) is 0. The van der Waals surface area contributed by atoms with Gasteiger partial charge in [0.1, 0.15) is 5.67 Å². The smallest absolute Gasteiger partial charge is 0.120 e. The van der Waals surface area contributed by atoms with Gasteiger partial charge in [0.05, 0.1) is 0 Å². The molecule has 0 aromatic carbocycles. The van der Waals surface area contributed by atoms with Gasteiger partial charge in [0.25, 0.3) is 0 Å². The topological polar surface area (TPSA) is 3.24 Å². The molecule has 1 aliphatic heterocycles. The van der Waals surface area contributed by atoms with Gasteiger partial charge in [-0.3, -0.25) is 4.90 Å². The van der Waals surface area contributed by atoms with Crippen molar-refractivity contribution in [2.75, 3.05) is 13.1 Å². The molecule has 0 saturated carbocycles. The predicted molar refractivity (Wildman–Crippen MR) is 45.5 cm³/mol. The molecule has 2 heteroatoms. The van der Waals surface area contributed by atoms with Gasteiger partial charge in [-0.25, -0.2) is 4.39 Å². The predicted octanol–water partition coefficient (Wildman–Crippen LogP) is 2.22. The summed E-state index contributed by atoms with van der Waals surface area (Å²) in [6.45, 7) is 7.65. The molecule has 11 heavy (non-hydrogen) atoms. The Morgan fingerprint density at radius 1 is 1.45 bits per heavy atom. The Morgan fingerprint density at radius 2 is 2.09 bits per heavy atom.